The number of ether oxygens (including phenoxy) is 1. The van der Waals surface area contributed by atoms with E-state index >= 15 is 0 Å². The predicted octanol–water partition coefficient (Wildman–Crippen LogP) is 3.40. The van der Waals surface area contributed by atoms with Gasteiger partial charge in [-0.05, 0) is 62.5 Å². The van der Waals surface area contributed by atoms with E-state index in [1.54, 1.807) is 0 Å². The van der Waals surface area contributed by atoms with Gasteiger partial charge in [0.1, 0.15) is 11.3 Å². The zero-order valence-corrected chi connectivity index (χ0v) is 16.4. The van der Waals surface area contributed by atoms with Crippen molar-refractivity contribution in [2.24, 2.45) is 0 Å². The molecule has 7 heteroatoms. The maximum Gasteiger partial charge on any atom is 0.407 e. The third-order valence-electron chi connectivity index (χ3n) is 3.93. The topological polar surface area (TPSA) is 63.6 Å². The smallest absolute Gasteiger partial charge is 0.407 e. The van der Waals surface area contributed by atoms with Crippen LogP contribution >= 0.6 is 15.9 Å². The third-order valence-corrected chi connectivity index (χ3v) is 4.36. The zero-order chi connectivity index (χ0) is 17.9. The van der Waals surface area contributed by atoms with Crippen molar-refractivity contribution in [3.8, 4) is 0 Å². The quantitative estimate of drug-likeness (QED) is 0.846. The van der Waals surface area contributed by atoms with Crippen molar-refractivity contribution in [1.29, 1.82) is 0 Å². The van der Waals surface area contributed by atoms with Crippen LogP contribution in [0.4, 0.5) is 4.79 Å². The average molecular weight is 400 g/mol. The Balaban J connectivity index is 1.88. The lowest BCUT2D eigenvalue weighted by atomic mass is 10.0. The Labute approximate surface area is 151 Å². The van der Waals surface area contributed by atoms with Crippen LogP contribution in [0.25, 0.3) is 0 Å². The lowest BCUT2D eigenvalue weighted by molar-refractivity contribution is 0.0473. The average Bonchev–Trinajstić information content (AvgIpc) is 2.86. The van der Waals surface area contributed by atoms with Crippen LogP contribution in [0.15, 0.2) is 16.7 Å². The fourth-order valence-corrected chi connectivity index (χ4v) is 3.24. The highest BCUT2D eigenvalue weighted by molar-refractivity contribution is 9.10. The molecule has 1 aliphatic heterocycles. The number of rotatable bonds is 3. The molecule has 0 aliphatic carbocycles. The number of aryl methyl sites for hydroxylation is 1. The Morgan fingerprint density at radius 1 is 1.33 bits per heavy atom. The fourth-order valence-electron chi connectivity index (χ4n) is 2.78. The first-order chi connectivity index (χ1) is 11.2. The largest absolute Gasteiger partial charge is 0.444 e. The van der Waals surface area contributed by atoms with Gasteiger partial charge in [-0.15, -0.1) is 0 Å². The molecule has 1 fully saturated rings. The maximum atomic E-state index is 12.7. The summed E-state index contributed by atoms with van der Waals surface area (Å²) in [5, 5.41) is 2.89. The molecule has 24 heavy (non-hydrogen) atoms. The number of carbonyl (C=O) groups is 2. The molecule has 0 atom stereocenters. The molecule has 1 aliphatic rings. The monoisotopic (exact) mass is 399 g/mol. The minimum Gasteiger partial charge on any atom is -0.444 e. The van der Waals surface area contributed by atoms with E-state index in [2.05, 4.69) is 21.2 Å². The molecule has 0 radical (unpaired) electrons. The van der Waals surface area contributed by atoms with Crippen LogP contribution in [0, 0.1) is 0 Å². The van der Waals surface area contributed by atoms with Crippen LogP contribution in [0.3, 0.4) is 0 Å². The zero-order valence-electron chi connectivity index (χ0n) is 14.8. The van der Waals surface area contributed by atoms with Gasteiger partial charge in [-0.1, -0.05) is 0 Å². The second-order valence-electron chi connectivity index (χ2n) is 7.04. The predicted molar refractivity (Wildman–Crippen MR) is 96.1 cm³/mol. The number of piperidine rings is 1. The van der Waals surface area contributed by atoms with E-state index in [1.165, 1.54) is 0 Å². The van der Waals surface area contributed by atoms with Crippen molar-refractivity contribution in [3.63, 3.8) is 0 Å². The van der Waals surface area contributed by atoms with Gasteiger partial charge in [0, 0.05) is 36.3 Å². The number of amides is 2. The van der Waals surface area contributed by atoms with Crippen LogP contribution in [-0.2, 0) is 11.3 Å². The summed E-state index contributed by atoms with van der Waals surface area (Å²) in [6, 6.07) is 1.91. The number of carbonyl (C=O) groups excluding carboxylic acids is 2. The van der Waals surface area contributed by atoms with E-state index in [9.17, 15) is 9.59 Å². The van der Waals surface area contributed by atoms with Crippen LogP contribution < -0.4 is 5.32 Å². The van der Waals surface area contributed by atoms with Gasteiger partial charge in [0.25, 0.3) is 5.91 Å². The summed E-state index contributed by atoms with van der Waals surface area (Å²) < 4.78 is 8.13. The lowest BCUT2D eigenvalue weighted by Crippen LogP contribution is -2.47. The first-order valence-electron chi connectivity index (χ1n) is 8.34. The molecule has 0 unspecified atom stereocenters. The van der Waals surface area contributed by atoms with Crippen molar-refractivity contribution in [1.82, 2.24) is 14.8 Å². The van der Waals surface area contributed by atoms with Crippen molar-refractivity contribution < 1.29 is 14.3 Å². The van der Waals surface area contributed by atoms with Gasteiger partial charge in [0.05, 0.1) is 0 Å². The summed E-state index contributed by atoms with van der Waals surface area (Å²) in [5.41, 5.74) is 0.197. The number of halogens is 1. The highest BCUT2D eigenvalue weighted by atomic mass is 79.9. The van der Waals surface area contributed by atoms with Crippen molar-refractivity contribution in [2.45, 2.75) is 58.7 Å². The van der Waals surface area contributed by atoms with Crippen LogP contribution in [-0.4, -0.2) is 46.2 Å². The van der Waals surface area contributed by atoms with E-state index in [1.807, 2.05) is 49.4 Å². The number of hydrogen-bond acceptors (Lipinski definition) is 3. The molecule has 134 valence electrons. The molecule has 0 bridgehead atoms. The first kappa shape index (κ1) is 18.8. The van der Waals surface area contributed by atoms with Crippen LogP contribution in [0.2, 0.25) is 0 Å². The Kier molecular flexibility index (Phi) is 5.96. The van der Waals surface area contributed by atoms with Crippen LogP contribution in [0.1, 0.15) is 51.0 Å². The van der Waals surface area contributed by atoms with E-state index in [4.69, 9.17) is 4.74 Å². The molecule has 2 amide bonds. The van der Waals surface area contributed by atoms with Gasteiger partial charge in [-0.3, -0.25) is 4.79 Å². The molecule has 0 aromatic carbocycles. The van der Waals surface area contributed by atoms with Gasteiger partial charge < -0.3 is 19.5 Å². The van der Waals surface area contributed by atoms with Gasteiger partial charge in [-0.2, -0.15) is 0 Å². The number of hydrogen-bond donors (Lipinski definition) is 1. The summed E-state index contributed by atoms with van der Waals surface area (Å²) in [6.07, 6.45) is 3.00. The fraction of sp³-hybridized carbons (Fsp3) is 0.647. The normalized spacial score (nSPS) is 16.1. The van der Waals surface area contributed by atoms with Gasteiger partial charge in [0.15, 0.2) is 0 Å². The Hall–Kier alpha value is -1.50. The molecule has 0 spiro atoms. The molecular formula is C17H26BrN3O3. The highest BCUT2D eigenvalue weighted by Gasteiger charge is 2.27. The number of nitrogens with zero attached hydrogens (tertiary/aromatic N) is 2. The molecular weight excluding hydrogens is 374 g/mol. The molecule has 6 nitrogen and oxygen atoms in total. The third kappa shape index (κ3) is 5.00. The van der Waals surface area contributed by atoms with Crippen molar-refractivity contribution in [2.75, 3.05) is 13.1 Å². The summed E-state index contributed by atoms with van der Waals surface area (Å²) >= 11 is 3.42. The molecule has 1 N–H and O–H groups in total. The Morgan fingerprint density at radius 2 is 1.96 bits per heavy atom. The minimum atomic E-state index is -0.500. The maximum absolute atomic E-state index is 12.7. The standard InChI is InChI=1S/C17H26BrN3O3/c1-5-20-11-12(18)10-14(20)15(22)21-8-6-13(7-9-21)19-16(23)24-17(2,3)4/h10-11,13H,5-9H2,1-4H3,(H,19,23). The Bertz CT molecular complexity index is 599. The van der Waals surface area contributed by atoms with Crippen LogP contribution in [0.5, 0.6) is 0 Å². The number of alkyl carbamates (subject to hydrolysis) is 1. The lowest BCUT2D eigenvalue weighted by Gasteiger charge is -2.33. The molecule has 1 aromatic heterocycles. The summed E-state index contributed by atoms with van der Waals surface area (Å²) in [5.74, 6) is 0.0401. The first-order valence-corrected chi connectivity index (χ1v) is 9.13. The van der Waals surface area contributed by atoms with Gasteiger partial charge in [0.2, 0.25) is 0 Å². The summed E-state index contributed by atoms with van der Waals surface area (Å²) in [6.45, 7) is 9.56. The number of nitrogens with one attached hydrogen (secondary N) is 1. The van der Waals surface area contributed by atoms with E-state index in [-0.39, 0.29) is 11.9 Å². The minimum absolute atomic E-state index is 0.0401. The molecule has 1 saturated heterocycles. The molecule has 2 heterocycles. The SMILES string of the molecule is CCn1cc(Br)cc1C(=O)N1CCC(NC(=O)OC(C)(C)C)CC1. The summed E-state index contributed by atoms with van der Waals surface area (Å²) in [7, 11) is 0. The number of aromatic nitrogens is 1. The van der Waals surface area contributed by atoms with Gasteiger partial charge >= 0.3 is 6.09 Å². The van der Waals surface area contributed by atoms with E-state index < -0.39 is 11.7 Å². The summed E-state index contributed by atoms with van der Waals surface area (Å²) in [4.78, 5) is 26.4. The highest BCUT2D eigenvalue weighted by Crippen LogP contribution is 2.19. The van der Waals surface area contributed by atoms with E-state index in [0.717, 1.165) is 23.9 Å². The van der Waals surface area contributed by atoms with Crippen molar-refractivity contribution in [3.05, 3.63) is 22.4 Å². The van der Waals surface area contributed by atoms with Crippen molar-refractivity contribution >= 4 is 27.9 Å². The second kappa shape index (κ2) is 7.59. The Morgan fingerprint density at radius 3 is 2.50 bits per heavy atom. The number of likely N-dealkylation sites (tertiary alicyclic amines) is 1. The van der Waals surface area contributed by atoms with E-state index in [0.29, 0.717) is 18.8 Å². The second-order valence-corrected chi connectivity index (χ2v) is 7.96. The molecule has 2 rings (SSSR count). The molecule has 0 saturated carbocycles. The van der Waals surface area contributed by atoms with Gasteiger partial charge in [-0.25, -0.2) is 4.79 Å². The molecule has 1 aromatic rings.